The van der Waals surface area contributed by atoms with E-state index in [1.807, 2.05) is 47.1 Å². The second-order valence-electron chi connectivity index (χ2n) is 7.71. The standard InChI is InChI=1S/C25H25N5O2/c1-2-32-23(31)11-9-18-8-10-22-20(16-18)21-17-30(19-6-4-3-5-7-19)28-24(21)25(27-22)29-14-12-26-13-15-29/h3-11,16-17,26H,2,12-15H2,1H3/b11-9+. The summed E-state index contributed by atoms with van der Waals surface area (Å²) in [5.41, 5.74) is 3.71. The van der Waals surface area contributed by atoms with Gasteiger partial charge in [0.05, 0.1) is 17.8 Å². The number of ether oxygens (including phenoxy) is 1. The highest BCUT2D eigenvalue weighted by Gasteiger charge is 2.20. The fourth-order valence-electron chi connectivity index (χ4n) is 4.04. The molecule has 0 radical (unpaired) electrons. The summed E-state index contributed by atoms with van der Waals surface area (Å²) in [4.78, 5) is 19.0. The highest BCUT2D eigenvalue weighted by atomic mass is 16.5. The number of hydrogen-bond donors (Lipinski definition) is 1. The Morgan fingerprint density at radius 1 is 1.12 bits per heavy atom. The van der Waals surface area contributed by atoms with Crippen LogP contribution in [0.5, 0.6) is 0 Å². The normalized spacial score (nSPS) is 14.5. The number of piperazine rings is 1. The van der Waals surface area contributed by atoms with Crippen LogP contribution >= 0.6 is 0 Å². The fourth-order valence-corrected chi connectivity index (χ4v) is 4.04. The Kier molecular flexibility index (Phi) is 5.56. The number of para-hydroxylation sites is 1. The van der Waals surface area contributed by atoms with Crippen molar-refractivity contribution in [2.45, 2.75) is 6.92 Å². The fraction of sp³-hybridized carbons (Fsp3) is 0.240. The first-order valence-corrected chi connectivity index (χ1v) is 10.9. The Bertz CT molecular complexity index is 1290. The monoisotopic (exact) mass is 427 g/mol. The number of aromatic nitrogens is 3. The van der Waals surface area contributed by atoms with Crippen molar-refractivity contribution in [2.24, 2.45) is 0 Å². The summed E-state index contributed by atoms with van der Waals surface area (Å²) >= 11 is 0. The minimum absolute atomic E-state index is 0.346. The van der Waals surface area contributed by atoms with Crippen molar-refractivity contribution in [3.8, 4) is 5.69 Å². The molecular formula is C25H25N5O2. The Morgan fingerprint density at radius 3 is 2.72 bits per heavy atom. The van der Waals surface area contributed by atoms with E-state index in [4.69, 9.17) is 14.8 Å². The summed E-state index contributed by atoms with van der Waals surface area (Å²) in [7, 11) is 0. The van der Waals surface area contributed by atoms with Crippen LogP contribution in [-0.2, 0) is 9.53 Å². The van der Waals surface area contributed by atoms with Gasteiger partial charge in [-0.05, 0) is 42.8 Å². The average molecular weight is 428 g/mol. The molecule has 1 aliphatic heterocycles. The van der Waals surface area contributed by atoms with Crippen LogP contribution in [0.3, 0.4) is 0 Å². The second kappa shape index (κ2) is 8.80. The van der Waals surface area contributed by atoms with E-state index < -0.39 is 0 Å². The van der Waals surface area contributed by atoms with Gasteiger partial charge in [0.1, 0.15) is 5.52 Å². The largest absolute Gasteiger partial charge is 0.463 e. The minimum Gasteiger partial charge on any atom is -0.463 e. The third kappa shape index (κ3) is 3.94. The smallest absolute Gasteiger partial charge is 0.330 e. The maximum absolute atomic E-state index is 11.7. The highest BCUT2D eigenvalue weighted by Crippen LogP contribution is 2.32. The van der Waals surface area contributed by atoms with Crippen molar-refractivity contribution in [2.75, 3.05) is 37.7 Å². The van der Waals surface area contributed by atoms with Gasteiger partial charge in [-0.3, -0.25) is 0 Å². The summed E-state index contributed by atoms with van der Waals surface area (Å²) in [6.45, 7) is 5.80. The molecule has 2 aromatic carbocycles. The van der Waals surface area contributed by atoms with E-state index in [9.17, 15) is 4.79 Å². The van der Waals surface area contributed by atoms with E-state index in [0.29, 0.717) is 6.61 Å². The van der Waals surface area contributed by atoms with Crippen LogP contribution in [-0.4, -0.2) is 53.5 Å². The first kappa shape index (κ1) is 20.2. The van der Waals surface area contributed by atoms with Gasteiger partial charge in [-0.2, -0.15) is 5.10 Å². The van der Waals surface area contributed by atoms with Gasteiger partial charge in [0, 0.05) is 49.2 Å². The molecule has 7 heteroatoms. The van der Waals surface area contributed by atoms with Crippen molar-refractivity contribution in [3.63, 3.8) is 0 Å². The lowest BCUT2D eigenvalue weighted by molar-refractivity contribution is -0.137. The van der Waals surface area contributed by atoms with Crippen molar-refractivity contribution in [3.05, 3.63) is 66.4 Å². The Balaban J connectivity index is 1.66. The Morgan fingerprint density at radius 2 is 1.94 bits per heavy atom. The quantitative estimate of drug-likeness (QED) is 0.388. The van der Waals surface area contributed by atoms with Crippen molar-refractivity contribution in [1.29, 1.82) is 0 Å². The first-order valence-electron chi connectivity index (χ1n) is 10.9. The third-order valence-electron chi connectivity index (χ3n) is 5.60. The molecule has 2 aromatic heterocycles. The molecule has 32 heavy (non-hydrogen) atoms. The van der Waals surface area contributed by atoms with Crippen molar-refractivity contribution in [1.82, 2.24) is 20.1 Å². The molecule has 1 aliphatic rings. The van der Waals surface area contributed by atoms with Crippen LogP contribution in [0.25, 0.3) is 33.6 Å². The molecule has 4 aromatic rings. The molecule has 3 heterocycles. The number of carbonyl (C=O) groups is 1. The number of nitrogens with one attached hydrogen (secondary N) is 1. The van der Waals surface area contributed by atoms with Crippen LogP contribution in [0, 0.1) is 0 Å². The molecule has 5 rings (SSSR count). The molecule has 162 valence electrons. The molecule has 1 N–H and O–H groups in total. The summed E-state index contributed by atoms with van der Waals surface area (Å²) in [6.07, 6.45) is 5.30. The molecule has 1 saturated heterocycles. The number of esters is 1. The van der Waals surface area contributed by atoms with Crippen LogP contribution in [0.1, 0.15) is 12.5 Å². The molecule has 0 unspecified atom stereocenters. The molecule has 0 amide bonds. The van der Waals surface area contributed by atoms with E-state index >= 15 is 0 Å². The zero-order valence-corrected chi connectivity index (χ0v) is 18.0. The molecule has 0 saturated carbocycles. The van der Waals surface area contributed by atoms with E-state index in [2.05, 4.69) is 22.5 Å². The first-order chi connectivity index (χ1) is 15.7. The van der Waals surface area contributed by atoms with Crippen LogP contribution < -0.4 is 10.2 Å². The summed E-state index contributed by atoms with van der Waals surface area (Å²) in [5.74, 6) is 0.570. The maximum Gasteiger partial charge on any atom is 0.330 e. The molecule has 0 aliphatic carbocycles. The highest BCUT2D eigenvalue weighted by molar-refractivity contribution is 6.09. The number of anilines is 1. The van der Waals surface area contributed by atoms with Crippen LogP contribution in [0.15, 0.2) is 60.8 Å². The number of rotatable bonds is 5. The minimum atomic E-state index is -0.346. The van der Waals surface area contributed by atoms with Crippen LogP contribution in [0.2, 0.25) is 0 Å². The Hall–Kier alpha value is -3.71. The van der Waals surface area contributed by atoms with Gasteiger partial charge in [-0.1, -0.05) is 24.3 Å². The predicted octanol–water partition coefficient (Wildman–Crippen LogP) is 3.56. The number of pyridine rings is 1. The number of fused-ring (bicyclic) bond motifs is 3. The molecule has 0 bridgehead atoms. The molecule has 1 fully saturated rings. The topological polar surface area (TPSA) is 72.3 Å². The summed E-state index contributed by atoms with van der Waals surface area (Å²) < 4.78 is 6.91. The lowest BCUT2D eigenvalue weighted by Crippen LogP contribution is -2.44. The third-order valence-corrected chi connectivity index (χ3v) is 5.60. The second-order valence-corrected chi connectivity index (χ2v) is 7.71. The maximum atomic E-state index is 11.7. The van der Waals surface area contributed by atoms with Gasteiger partial charge in [-0.25, -0.2) is 14.5 Å². The van der Waals surface area contributed by atoms with Gasteiger partial charge >= 0.3 is 5.97 Å². The predicted molar refractivity (Wildman–Crippen MR) is 127 cm³/mol. The zero-order chi connectivity index (χ0) is 21.9. The van der Waals surface area contributed by atoms with Gasteiger partial charge in [0.15, 0.2) is 5.82 Å². The van der Waals surface area contributed by atoms with E-state index in [0.717, 1.165) is 65.1 Å². The van der Waals surface area contributed by atoms with E-state index in [1.165, 1.54) is 6.08 Å². The Labute approximate surface area is 186 Å². The van der Waals surface area contributed by atoms with Gasteiger partial charge < -0.3 is 15.0 Å². The van der Waals surface area contributed by atoms with Gasteiger partial charge in [0.2, 0.25) is 0 Å². The SMILES string of the molecule is CCOC(=O)/C=C/c1ccc2nc(N3CCNCC3)c3nn(-c4ccccc4)cc3c2c1. The molecule has 0 spiro atoms. The number of carbonyl (C=O) groups excluding carboxylic acids is 1. The molecule has 7 nitrogen and oxygen atoms in total. The summed E-state index contributed by atoms with van der Waals surface area (Å²) in [6, 6.07) is 16.1. The van der Waals surface area contributed by atoms with Crippen molar-refractivity contribution < 1.29 is 9.53 Å². The van der Waals surface area contributed by atoms with Gasteiger partial charge in [-0.15, -0.1) is 0 Å². The average Bonchev–Trinajstić information content (AvgIpc) is 3.29. The lowest BCUT2D eigenvalue weighted by atomic mass is 10.1. The van der Waals surface area contributed by atoms with E-state index in [-0.39, 0.29) is 5.97 Å². The summed E-state index contributed by atoms with van der Waals surface area (Å²) in [5, 5.41) is 10.4. The zero-order valence-electron chi connectivity index (χ0n) is 18.0. The van der Waals surface area contributed by atoms with E-state index in [1.54, 1.807) is 13.0 Å². The lowest BCUT2D eigenvalue weighted by Gasteiger charge is -2.28. The van der Waals surface area contributed by atoms with Crippen LogP contribution in [0.4, 0.5) is 5.82 Å². The van der Waals surface area contributed by atoms with Gasteiger partial charge in [0.25, 0.3) is 0 Å². The number of nitrogens with zero attached hydrogens (tertiary/aromatic N) is 4. The number of benzene rings is 2. The molecule has 0 atom stereocenters. The van der Waals surface area contributed by atoms with Crippen molar-refractivity contribution >= 4 is 39.7 Å². The number of hydrogen-bond acceptors (Lipinski definition) is 6. The molecular weight excluding hydrogens is 402 g/mol.